The van der Waals surface area contributed by atoms with Crippen LogP contribution in [-0.4, -0.2) is 32.9 Å². The molecule has 2 aromatic heterocycles. The quantitative estimate of drug-likeness (QED) is 0.509. The van der Waals surface area contributed by atoms with Crippen molar-refractivity contribution >= 4 is 17.3 Å². The van der Waals surface area contributed by atoms with Crippen molar-refractivity contribution in [3.05, 3.63) is 58.3 Å². The first-order valence-electron chi connectivity index (χ1n) is 7.28. The maximum absolute atomic E-state index is 12.3. The third kappa shape index (κ3) is 3.82. The fraction of sp³-hybridized carbons (Fsp3) is 0.200. The Morgan fingerprint density at radius 3 is 2.77 bits per heavy atom. The highest BCUT2D eigenvalue weighted by atomic mass is 19.4. The molecular weight excluding hydrogens is 355 g/mol. The van der Waals surface area contributed by atoms with Gasteiger partial charge in [-0.05, 0) is 28.7 Å². The van der Waals surface area contributed by atoms with Crippen LogP contribution < -0.4 is 9.64 Å². The molecule has 0 saturated carbocycles. The zero-order chi connectivity index (χ0) is 18.9. The van der Waals surface area contributed by atoms with Crippen molar-refractivity contribution in [3.63, 3.8) is 0 Å². The van der Waals surface area contributed by atoms with E-state index in [4.69, 9.17) is 0 Å². The van der Waals surface area contributed by atoms with Crippen molar-refractivity contribution in [1.29, 1.82) is 0 Å². The Hall–Kier alpha value is -3.37. The van der Waals surface area contributed by atoms with Crippen LogP contribution >= 0.6 is 0 Å². The Balaban J connectivity index is 1.83. The van der Waals surface area contributed by atoms with E-state index in [-0.39, 0.29) is 18.1 Å². The van der Waals surface area contributed by atoms with Crippen LogP contribution in [0.1, 0.15) is 5.56 Å². The minimum atomic E-state index is -4.77. The maximum Gasteiger partial charge on any atom is 0.573 e. The van der Waals surface area contributed by atoms with E-state index in [1.54, 1.807) is 30.1 Å². The third-order valence-corrected chi connectivity index (χ3v) is 3.46. The van der Waals surface area contributed by atoms with Crippen molar-refractivity contribution < 1.29 is 22.8 Å². The highest BCUT2D eigenvalue weighted by Crippen LogP contribution is 2.24. The second-order valence-electron chi connectivity index (χ2n) is 5.39. The second kappa shape index (κ2) is 6.50. The van der Waals surface area contributed by atoms with E-state index in [0.29, 0.717) is 17.0 Å². The number of anilines is 1. The average molecular weight is 367 g/mol. The molecule has 3 aromatic rings. The van der Waals surface area contributed by atoms with Gasteiger partial charge in [-0.15, -0.1) is 13.2 Å². The van der Waals surface area contributed by atoms with E-state index in [9.17, 15) is 23.3 Å². The number of rotatable bonds is 5. The van der Waals surface area contributed by atoms with Crippen molar-refractivity contribution in [3.8, 4) is 5.75 Å². The van der Waals surface area contributed by atoms with Gasteiger partial charge in [0.1, 0.15) is 11.9 Å². The predicted molar refractivity (Wildman–Crippen MR) is 84.9 cm³/mol. The molecule has 8 nitrogen and oxygen atoms in total. The molecule has 0 amide bonds. The maximum atomic E-state index is 12.3. The van der Waals surface area contributed by atoms with Crippen LogP contribution in [0.4, 0.5) is 24.8 Å². The summed E-state index contributed by atoms with van der Waals surface area (Å²) in [6, 6.07) is 8.73. The van der Waals surface area contributed by atoms with E-state index >= 15 is 0 Å². The minimum absolute atomic E-state index is 0.218. The fourth-order valence-electron chi connectivity index (χ4n) is 2.38. The summed E-state index contributed by atoms with van der Waals surface area (Å²) in [7, 11) is 1.66. The molecule has 0 N–H and O–H groups in total. The van der Waals surface area contributed by atoms with Gasteiger partial charge in [-0.1, -0.05) is 21.7 Å². The molecule has 0 aliphatic carbocycles. The lowest BCUT2D eigenvalue weighted by Crippen LogP contribution is -2.20. The summed E-state index contributed by atoms with van der Waals surface area (Å²) in [5.41, 5.74) is 0.866. The lowest BCUT2D eigenvalue weighted by atomic mass is 10.2. The van der Waals surface area contributed by atoms with Gasteiger partial charge in [0.2, 0.25) is 5.65 Å². The SMILES string of the molecule is CN(Cc1cccc(OC(F)(F)F)c1)c1ccc2ncc([N+](=O)[O-])n2n1. The number of hydrogen-bond acceptors (Lipinski definition) is 6. The fourth-order valence-corrected chi connectivity index (χ4v) is 2.38. The first kappa shape index (κ1) is 17.5. The van der Waals surface area contributed by atoms with Crippen LogP contribution in [0.5, 0.6) is 5.75 Å². The highest BCUT2D eigenvalue weighted by Gasteiger charge is 2.31. The smallest absolute Gasteiger partial charge is 0.406 e. The number of benzene rings is 1. The number of imidazole rings is 1. The molecule has 0 bridgehead atoms. The number of nitro groups is 1. The number of hydrogen-bond donors (Lipinski definition) is 0. The first-order chi connectivity index (χ1) is 12.2. The highest BCUT2D eigenvalue weighted by molar-refractivity contribution is 5.49. The molecule has 0 fully saturated rings. The Bertz CT molecular complexity index is 957. The third-order valence-electron chi connectivity index (χ3n) is 3.46. The summed E-state index contributed by atoms with van der Waals surface area (Å²) < 4.78 is 41.9. The van der Waals surface area contributed by atoms with Gasteiger partial charge in [0.15, 0.2) is 5.82 Å². The molecule has 0 atom stereocenters. The van der Waals surface area contributed by atoms with Crippen molar-refractivity contribution in [1.82, 2.24) is 14.6 Å². The normalized spacial score (nSPS) is 11.5. The molecule has 0 spiro atoms. The summed E-state index contributed by atoms with van der Waals surface area (Å²) in [6.07, 6.45) is -3.67. The molecule has 0 aliphatic rings. The molecule has 11 heteroatoms. The van der Waals surface area contributed by atoms with Crippen molar-refractivity contribution in [2.45, 2.75) is 12.9 Å². The van der Waals surface area contributed by atoms with Gasteiger partial charge in [0.05, 0.1) is 0 Å². The van der Waals surface area contributed by atoms with Crippen LogP contribution in [0.15, 0.2) is 42.6 Å². The van der Waals surface area contributed by atoms with Gasteiger partial charge in [0, 0.05) is 19.7 Å². The molecule has 0 unspecified atom stereocenters. The summed E-state index contributed by atoms with van der Waals surface area (Å²) in [5.74, 6) is -0.214. The molecule has 0 saturated heterocycles. The largest absolute Gasteiger partial charge is 0.573 e. The van der Waals surface area contributed by atoms with Crippen LogP contribution in [0.25, 0.3) is 5.65 Å². The Morgan fingerprint density at radius 1 is 1.31 bits per heavy atom. The Labute approximate surface area is 144 Å². The number of aromatic nitrogens is 3. The summed E-state index contributed by atoms with van der Waals surface area (Å²) in [4.78, 5) is 15.9. The van der Waals surface area contributed by atoms with Crippen LogP contribution in [-0.2, 0) is 6.54 Å². The number of fused-ring (bicyclic) bond motifs is 1. The molecule has 0 aliphatic heterocycles. The predicted octanol–water partition coefficient (Wildman–Crippen LogP) is 3.17. The van der Waals surface area contributed by atoms with Crippen LogP contribution in [0.3, 0.4) is 0 Å². The van der Waals surface area contributed by atoms with E-state index in [1.165, 1.54) is 18.2 Å². The second-order valence-corrected chi connectivity index (χ2v) is 5.39. The summed E-state index contributed by atoms with van der Waals surface area (Å²) in [6.45, 7) is 0.218. The molecule has 0 radical (unpaired) electrons. The Morgan fingerprint density at radius 2 is 2.08 bits per heavy atom. The van der Waals surface area contributed by atoms with Gasteiger partial charge in [-0.25, -0.2) is 4.98 Å². The average Bonchev–Trinajstić information content (AvgIpc) is 2.96. The zero-order valence-electron chi connectivity index (χ0n) is 13.3. The van der Waals surface area contributed by atoms with E-state index in [2.05, 4.69) is 14.8 Å². The molecule has 136 valence electrons. The van der Waals surface area contributed by atoms with Crippen molar-refractivity contribution in [2.75, 3.05) is 11.9 Å². The summed E-state index contributed by atoms with van der Waals surface area (Å²) >= 11 is 0. The first-order valence-corrected chi connectivity index (χ1v) is 7.28. The lowest BCUT2D eigenvalue weighted by molar-refractivity contribution is -0.391. The monoisotopic (exact) mass is 367 g/mol. The number of halogens is 3. The lowest BCUT2D eigenvalue weighted by Gasteiger charge is -2.17. The number of ether oxygens (including phenoxy) is 1. The standard InChI is InChI=1S/C15H12F3N5O3/c1-21(9-10-3-2-4-11(7-10)26-15(16,17)18)13-6-5-12-19-8-14(23(24)25)22(12)20-13/h2-8H,9H2,1H3. The minimum Gasteiger partial charge on any atom is -0.406 e. The number of alkyl halides is 3. The molecule has 2 heterocycles. The van der Waals surface area contributed by atoms with Gasteiger partial charge < -0.3 is 19.8 Å². The number of nitrogens with zero attached hydrogens (tertiary/aromatic N) is 5. The molecule has 26 heavy (non-hydrogen) atoms. The topological polar surface area (TPSA) is 85.8 Å². The van der Waals surface area contributed by atoms with E-state index in [1.807, 2.05) is 0 Å². The van der Waals surface area contributed by atoms with Gasteiger partial charge >= 0.3 is 12.2 Å². The van der Waals surface area contributed by atoms with Crippen LogP contribution in [0, 0.1) is 10.1 Å². The summed E-state index contributed by atoms with van der Waals surface area (Å²) in [5, 5.41) is 15.1. The molecular formula is C15H12F3N5O3. The van der Waals surface area contributed by atoms with Crippen molar-refractivity contribution in [2.24, 2.45) is 0 Å². The van der Waals surface area contributed by atoms with Gasteiger partial charge in [-0.2, -0.15) is 0 Å². The molecule has 1 aromatic carbocycles. The van der Waals surface area contributed by atoms with Crippen LogP contribution in [0.2, 0.25) is 0 Å². The van der Waals surface area contributed by atoms with Gasteiger partial charge in [-0.3, -0.25) is 0 Å². The van der Waals surface area contributed by atoms with E-state index < -0.39 is 11.3 Å². The van der Waals surface area contributed by atoms with Gasteiger partial charge in [0.25, 0.3) is 0 Å². The molecule has 3 rings (SSSR count). The Kier molecular flexibility index (Phi) is 4.36. The zero-order valence-corrected chi connectivity index (χ0v) is 13.3. The van der Waals surface area contributed by atoms with E-state index in [0.717, 1.165) is 10.7 Å².